The van der Waals surface area contributed by atoms with E-state index in [4.69, 9.17) is 4.74 Å². The van der Waals surface area contributed by atoms with Gasteiger partial charge in [0.05, 0.1) is 18.4 Å². The molecule has 1 saturated heterocycles. The first kappa shape index (κ1) is 19.8. The Balaban J connectivity index is 1.33. The Morgan fingerprint density at radius 2 is 2.07 bits per heavy atom. The molecule has 1 aromatic carbocycles. The van der Waals surface area contributed by atoms with Crippen LogP contribution in [0.4, 0.5) is 5.69 Å². The molecule has 0 N–H and O–H groups in total. The van der Waals surface area contributed by atoms with E-state index in [2.05, 4.69) is 11.1 Å². The number of benzene rings is 1. The van der Waals surface area contributed by atoms with E-state index in [0.717, 1.165) is 80.1 Å². The Morgan fingerprint density at radius 1 is 1.17 bits per heavy atom. The predicted octanol–water partition coefficient (Wildman–Crippen LogP) is 2.98. The van der Waals surface area contributed by atoms with Crippen LogP contribution in [0.25, 0.3) is 0 Å². The summed E-state index contributed by atoms with van der Waals surface area (Å²) in [5, 5.41) is 0.745. The van der Waals surface area contributed by atoms with E-state index in [1.54, 1.807) is 0 Å². The average Bonchev–Trinajstić information content (AvgIpc) is 3.46. The van der Waals surface area contributed by atoms with Crippen LogP contribution in [0, 0.1) is 0 Å². The van der Waals surface area contributed by atoms with Crippen molar-refractivity contribution in [1.82, 2.24) is 9.55 Å². The van der Waals surface area contributed by atoms with Gasteiger partial charge in [-0.2, -0.15) is 4.98 Å². The summed E-state index contributed by atoms with van der Waals surface area (Å²) in [4.78, 5) is 32.1. The zero-order valence-corrected chi connectivity index (χ0v) is 18.0. The summed E-state index contributed by atoms with van der Waals surface area (Å²) >= 11 is 1.42. The number of thioether (sulfide) groups is 1. The summed E-state index contributed by atoms with van der Waals surface area (Å²) in [5.74, 6) is 0.396. The van der Waals surface area contributed by atoms with Gasteiger partial charge in [-0.3, -0.25) is 9.36 Å². The Hall–Kier alpha value is -2.12. The maximum atomic E-state index is 13.0. The van der Waals surface area contributed by atoms with Crippen LogP contribution in [-0.2, 0) is 35.3 Å². The first-order valence-corrected chi connectivity index (χ1v) is 11.9. The Kier molecular flexibility index (Phi) is 5.65. The van der Waals surface area contributed by atoms with Crippen LogP contribution in [0.2, 0.25) is 0 Å². The molecule has 3 heterocycles. The lowest BCUT2D eigenvalue weighted by molar-refractivity contribution is -0.116. The molecule has 0 spiro atoms. The molecule has 1 fully saturated rings. The predicted molar refractivity (Wildman–Crippen MR) is 117 cm³/mol. The highest BCUT2D eigenvalue weighted by Crippen LogP contribution is 2.32. The van der Waals surface area contributed by atoms with Crippen molar-refractivity contribution < 1.29 is 9.53 Å². The van der Waals surface area contributed by atoms with Gasteiger partial charge in [0.2, 0.25) is 5.91 Å². The van der Waals surface area contributed by atoms with Crippen LogP contribution in [0.3, 0.4) is 0 Å². The highest BCUT2D eigenvalue weighted by atomic mass is 32.2. The van der Waals surface area contributed by atoms with E-state index in [1.807, 2.05) is 27.7 Å². The molecular weight excluding hydrogens is 398 g/mol. The van der Waals surface area contributed by atoms with Gasteiger partial charge in [-0.25, -0.2) is 4.79 Å². The SMILES string of the molecule is O=C(CSc1nc(=O)n(CC2CCCO2)c2c1CCC2)N1CCCc2ccccc21. The quantitative estimate of drug-likeness (QED) is 0.544. The molecule has 30 heavy (non-hydrogen) atoms. The highest BCUT2D eigenvalue weighted by Gasteiger charge is 2.27. The monoisotopic (exact) mass is 425 g/mol. The first-order valence-electron chi connectivity index (χ1n) is 11.0. The van der Waals surface area contributed by atoms with Gasteiger partial charge in [0.1, 0.15) is 5.03 Å². The molecule has 1 amide bonds. The van der Waals surface area contributed by atoms with Crippen molar-refractivity contribution in [3.63, 3.8) is 0 Å². The van der Waals surface area contributed by atoms with Crippen LogP contribution in [0.15, 0.2) is 34.1 Å². The number of fused-ring (bicyclic) bond motifs is 2. The van der Waals surface area contributed by atoms with Crippen LogP contribution in [0.5, 0.6) is 0 Å². The minimum Gasteiger partial charge on any atom is -0.376 e. The van der Waals surface area contributed by atoms with Crippen LogP contribution >= 0.6 is 11.8 Å². The summed E-state index contributed by atoms with van der Waals surface area (Å²) in [7, 11) is 0. The Bertz CT molecular complexity index is 1010. The van der Waals surface area contributed by atoms with E-state index >= 15 is 0 Å². The molecule has 2 aliphatic heterocycles. The zero-order chi connectivity index (χ0) is 20.5. The molecule has 158 valence electrons. The van der Waals surface area contributed by atoms with Gasteiger partial charge in [-0.05, 0) is 56.6 Å². The number of aryl methyl sites for hydroxylation is 1. The van der Waals surface area contributed by atoms with E-state index < -0.39 is 0 Å². The van der Waals surface area contributed by atoms with Crippen molar-refractivity contribution >= 4 is 23.4 Å². The lowest BCUT2D eigenvalue weighted by Gasteiger charge is -2.29. The summed E-state index contributed by atoms with van der Waals surface area (Å²) in [5.41, 5.74) is 4.31. The van der Waals surface area contributed by atoms with Crippen LogP contribution in [-0.4, -0.2) is 40.5 Å². The first-order chi connectivity index (χ1) is 14.7. The molecule has 0 radical (unpaired) electrons. The summed E-state index contributed by atoms with van der Waals surface area (Å²) in [6.07, 6.45) is 7.05. The van der Waals surface area contributed by atoms with Crippen molar-refractivity contribution in [2.24, 2.45) is 0 Å². The molecule has 1 unspecified atom stereocenters. The number of hydrogen-bond acceptors (Lipinski definition) is 5. The zero-order valence-electron chi connectivity index (χ0n) is 17.1. The number of rotatable bonds is 5. The lowest BCUT2D eigenvalue weighted by atomic mass is 10.0. The Morgan fingerprint density at radius 3 is 2.93 bits per heavy atom. The Labute approximate surface area is 180 Å². The third-order valence-electron chi connectivity index (χ3n) is 6.35. The second-order valence-electron chi connectivity index (χ2n) is 8.29. The fourth-order valence-corrected chi connectivity index (χ4v) is 5.84. The van der Waals surface area contributed by atoms with Crippen molar-refractivity contribution in [3.05, 3.63) is 51.6 Å². The molecule has 1 atom stereocenters. The van der Waals surface area contributed by atoms with E-state index in [1.165, 1.54) is 17.3 Å². The van der Waals surface area contributed by atoms with Gasteiger partial charge in [-0.15, -0.1) is 0 Å². The minimum atomic E-state index is -0.204. The van der Waals surface area contributed by atoms with Crippen molar-refractivity contribution in [2.75, 3.05) is 23.8 Å². The summed E-state index contributed by atoms with van der Waals surface area (Å²) < 4.78 is 7.56. The van der Waals surface area contributed by atoms with E-state index in [0.29, 0.717) is 12.3 Å². The number of aromatic nitrogens is 2. The number of nitrogens with zero attached hydrogens (tertiary/aromatic N) is 3. The molecule has 0 bridgehead atoms. The van der Waals surface area contributed by atoms with Gasteiger partial charge in [0, 0.05) is 30.1 Å². The number of carbonyl (C=O) groups excluding carboxylic acids is 1. The van der Waals surface area contributed by atoms with E-state index in [-0.39, 0.29) is 17.7 Å². The normalized spacial score (nSPS) is 20.3. The van der Waals surface area contributed by atoms with Gasteiger partial charge in [0.25, 0.3) is 0 Å². The van der Waals surface area contributed by atoms with E-state index in [9.17, 15) is 9.59 Å². The minimum absolute atomic E-state index is 0.0873. The second-order valence-corrected chi connectivity index (χ2v) is 9.25. The molecule has 7 heteroatoms. The number of anilines is 1. The van der Waals surface area contributed by atoms with Crippen molar-refractivity contribution in [3.8, 4) is 0 Å². The topological polar surface area (TPSA) is 64.4 Å². The molecule has 1 aromatic heterocycles. The molecule has 1 aliphatic carbocycles. The fraction of sp³-hybridized carbons (Fsp3) is 0.522. The largest absolute Gasteiger partial charge is 0.376 e. The maximum Gasteiger partial charge on any atom is 0.348 e. The lowest BCUT2D eigenvalue weighted by Crippen LogP contribution is -2.36. The second kappa shape index (κ2) is 8.55. The number of hydrogen-bond donors (Lipinski definition) is 0. The van der Waals surface area contributed by atoms with Gasteiger partial charge < -0.3 is 9.64 Å². The number of carbonyl (C=O) groups is 1. The molecule has 2 aromatic rings. The smallest absolute Gasteiger partial charge is 0.348 e. The summed E-state index contributed by atoms with van der Waals surface area (Å²) in [6.45, 7) is 2.14. The molecule has 6 nitrogen and oxygen atoms in total. The number of amides is 1. The maximum absolute atomic E-state index is 13.0. The molecule has 3 aliphatic rings. The number of ether oxygens (including phenoxy) is 1. The summed E-state index contributed by atoms with van der Waals surface area (Å²) in [6, 6.07) is 8.14. The van der Waals surface area contributed by atoms with Gasteiger partial charge in [0.15, 0.2) is 0 Å². The highest BCUT2D eigenvalue weighted by molar-refractivity contribution is 8.00. The molecule has 0 saturated carbocycles. The number of para-hydroxylation sites is 1. The molecular formula is C23H27N3O3S. The van der Waals surface area contributed by atoms with Gasteiger partial charge >= 0.3 is 5.69 Å². The third-order valence-corrected chi connectivity index (χ3v) is 7.36. The van der Waals surface area contributed by atoms with Crippen LogP contribution in [0.1, 0.15) is 42.5 Å². The third kappa shape index (κ3) is 3.81. The van der Waals surface area contributed by atoms with Gasteiger partial charge in [-0.1, -0.05) is 30.0 Å². The van der Waals surface area contributed by atoms with Crippen molar-refractivity contribution in [2.45, 2.75) is 62.6 Å². The standard InChI is InChI=1S/C23H27N3O3S/c27-21(25-12-4-7-16-6-1-2-10-19(16)25)15-30-22-18-9-3-11-20(18)26(23(28)24-22)14-17-8-5-13-29-17/h1-2,6,10,17H,3-5,7-9,11-15H2. The van der Waals surface area contributed by atoms with Crippen LogP contribution < -0.4 is 10.6 Å². The van der Waals surface area contributed by atoms with Crippen molar-refractivity contribution in [1.29, 1.82) is 0 Å². The fourth-order valence-electron chi connectivity index (χ4n) is 4.89. The average molecular weight is 426 g/mol. The molecule has 5 rings (SSSR count).